The van der Waals surface area contributed by atoms with Crippen LogP contribution in [0.3, 0.4) is 0 Å². The van der Waals surface area contributed by atoms with Gasteiger partial charge in [0.15, 0.2) is 6.54 Å². The molecule has 0 saturated heterocycles. The molecule has 16 heavy (non-hydrogen) atoms. The van der Waals surface area contributed by atoms with Crippen LogP contribution in [0.1, 0.15) is 5.56 Å². The van der Waals surface area contributed by atoms with E-state index in [0.29, 0.717) is 0 Å². The Kier molecular flexibility index (Phi) is 1.55. The van der Waals surface area contributed by atoms with Crippen molar-refractivity contribution < 1.29 is 4.57 Å². The standard InChI is InChI=1S/C14H10NS/c1-2-6-11-10(5-1)9-15-12-7-3-4-8-13(12)16-14(11)15/h1-8H,9H2/q+1. The molecule has 1 aromatic heterocycles. The zero-order valence-electron chi connectivity index (χ0n) is 8.68. The van der Waals surface area contributed by atoms with Crippen molar-refractivity contribution in [3.63, 3.8) is 0 Å². The summed E-state index contributed by atoms with van der Waals surface area (Å²) in [5.41, 5.74) is 4.21. The first-order valence-electron chi connectivity index (χ1n) is 5.43. The lowest BCUT2D eigenvalue weighted by atomic mass is 10.1. The molecule has 1 aliphatic rings. The molecule has 0 aliphatic carbocycles. The van der Waals surface area contributed by atoms with Gasteiger partial charge in [0.2, 0.25) is 5.52 Å². The Labute approximate surface area is 97.6 Å². The molecule has 0 bridgehead atoms. The van der Waals surface area contributed by atoms with E-state index in [4.69, 9.17) is 0 Å². The third-order valence-electron chi connectivity index (χ3n) is 3.18. The normalized spacial score (nSPS) is 12.8. The molecule has 0 radical (unpaired) electrons. The first kappa shape index (κ1) is 8.48. The smallest absolute Gasteiger partial charge is 0.177 e. The fourth-order valence-electron chi connectivity index (χ4n) is 2.43. The van der Waals surface area contributed by atoms with E-state index in [-0.39, 0.29) is 0 Å². The van der Waals surface area contributed by atoms with Crippen molar-refractivity contribution in [1.29, 1.82) is 0 Å². The summed E-state index contributed by atoms with van der Waals surface area (Å²) in [6.45, 7) is 1.02. The predicted molar refractivity (Wildman–Crippen MR) is 66.6 cm³/mol. The quantitative estimate of drug-likeness (QED) is 0.404. The molecule has 0 atom stereocenters. The van der Waals surface area contributed by atoms with Gasteiger partial charge >= 0.3 is 0 Å². The summed E-state index contributed by atoms with van der Waals surface area (Å²) in [6.07, 6.45) is 0. The summed E-state index contributed by atoms with van der Waals surface area (Å²) in [5, 5.41) is 1.40. The molecule has 3 aromatic rings. The zero-order valence-corrected chi connectivity index (χ0v) is 9.50. The maximum atomic E-state index is 2.42. The zero-order chi connectivity index (χ0) is 10.5. The molecule has 76 valence electrons. The lowest BCUT2D eigenvalue weighted by Gasteiger charge is -1.90. The van der Waals surface area contributed by atoms with Gasteiger partial charge in [-0.15, -0.1) is 0 Å². The molecule has 2 aromatic carbocycles. The third kappa shape index (κ3) is 0.973. The Balaban J connectivity index is 2.12. The van der Waals surface area contributed by atoms with Crippen molar-refractivity contribution in [3.05, 3.63) is 54.1 Å². The highest BCUT2D eigenvalue weighted by Crippen LogP contribution is 2.34. The molecule has 2 heterocycles. The SMILES string of the molecule is c1ccc2c(c1)C[n+]1c-2sc2ccccc21. The van der Waals surface area contributed by atoms with Gasteiger partial charge in [0.1, 0.15) is 4.70 Å². The van der Waals surface area contributed by atoms with Gasteiger partial charge in [0, 0.05) is 11.6 Å². The van der Waals surface area contributed by atoms with Crippen molar-refractivity contribution in [2.75, 3.05) is 0 Å². The van der Waals surface area contributed by atoms with Gasteiger partial charge in [-0.3, -0.25) is 0 Å². The predicted octanol–water partition coefficient (Wildman–Crippen LogP) is 3.22. The summed E-state index contributed by atoms with van der Waals surface area (Å²) in [6, 6.07) is 17.3. The van der Waals surface area contributed by atoms with Crippen LogP contribution in [-0.4, -0.2) is 0 Å². The number of rotatable bonds is 0. The average molecular weight is 224 g/mol. The maximum absolute atomic E-state index is 2.42. The lowest BCUT2D eigenvalue weighted by Crippen LogP contribution is -2.30. The highest BCUT2D eigenvalue weighted by molar-refractivity contribution is 7.21. The van der Waals surface area contributed by atoms with Crippen LogP contribution < -0.4 is 4.57 Å². The number of nitrogens with zero attached hydrogens (tertiary/aromatic N) is 1. The number of hydrogen-bond acceptors (Lipinski definition) is 1. The number of thiazole rings is 1. The molecule has 0 spiro atoms. The van der Waals surface area contributed by atoms with Gasteiger partial charge in [-0.05, 0) is 12.1 Å². The molecule has 0 amide bonds. The van der Waals surface area contributed by atoms with E-state index in [1.54, 1.807) is 0 Å². The van der Waals surface area contributed by atoms with E-state index in [0.717, 1.165) is 6.54 Å². The van der Waals surface area contributed by atoms with E-state index in [1.807, 2.05) is 11.3 Å². The summed E-state index contributed by atoms with van der Waals surface area (Å²) in [5.74, 6) is 0. The second-order valence-corrected chi connectivity index (χ2v) is 5.15. The van der Waals surface area contributed by atoms with E-state index >= 15 is 0 Å². The number of benzene rings is 2. The molecule has 0 unspecified atom stereocenters. The topological polar surface area (TPSA) is 3.88 Å². The second-order valence-electron chi connectivity index (χ2n) is 4.12. The Hall–Kier alpha value is -1.67. The third-order valence-corrected chi connectivity index (χ3v) is 4.38. The molecule has 1 nitrogen and oxygen atoms in total. The summed E-state index contributed by atoms with van der Waals surface area (Å²) < 4.78 is 3.80. The van der Waals surface area contributed by atoms with Gasteiger partial charge in [0.25, 0.3) is 5.01 Å². The van der Waals surface area contributed by atoms with E-state index < -0.39 is 0 Å². The number of aromatic nitrogens is 1. The summed E-state index contributed by atoms with van der Waals surface area (Å²) in [7, 11) is 0. The van der Waals surface area contributed by atoms with E-state index in [9.17, 15) is 0 Å². The van der Waals surface area contributed by atoms with Gasteiger partial charge in [0.05, 0.1) is 5.56 Å². The van der Waals surface area contributed by atoms with Crippen LogP contribution in [0, 0.1) is 0 Å². The second kappa shape index (κ2) is 2.92. The molecular weight excluding hydrogens is 214 g/mol. The molecule has 2 heteroatoms. The van der Waals surface area contributed by atoms with Crippen molar-refractivity contribution in [1.82, 2.24) is 0 Å². The summed E-state index contributed by atoms with van der Waals surface area (Å²) >= 11 is 1.89. The van der Waals surface area contributed by atoms with Crippen LogP contribution in [-0.2, 0) is 6.54 Å². The monoisotopic (exact) mass is 224 g/mol. The Bertz CT molecular complexity index is 697. The van der Waals surface area contributed by atoms with Gasteiger partial charge < -0.3 is 0 Å². The first-order valence-corrected chi connectivity index (χ1v) is 6.25. The van der Waals surface area contributed by atoms with Crippen molar-refractivity contribution in [2.45, 2.75) is 6.54 Å². The van der Waals surface area contributed by atoms with Gasteiger partial charge in [-0.1, -0.05) is 41.7 Å². The minimum Gasteiger partial charge on any atom is -0.177 e. The van der Waals surface area contributed by atoms with Crippen LogP contribution in [0.25, 0.3) is 20.8 Å². The Morgan fingerprint density at radius 1 is 0.938 bits per heavy atom. The Morgan fingerprint density at radius 2 is 1.75 bits per heavy atom. The van der Waals surface area contributed by atoms with E-state index in [1.165, 1.54) is 26.4 Å². The minimum atomic E-state index is 1.02. The number of hydrogen-bond donors (Lipinski definition) is 0. The van der Waals surface area contributed by atoms with Crippen LogP contribution in [0.2, 0.25) is 0 Å². The van der Waals surface area contributed by atoms with E-state index in [2.05, 4.69) is 53.1 Å². The fraction of sp³-hybridized carbons (Fsp3) is 0.0714. The fourth-order valence-corrected chi connectivity index (χ4v) is 3.65. The van der Waals surface area contributed by atoms with Crippen molar-refractivity contribution in [3.8, 4) is 10.6 Å². The Morgan fingerprint density at radius 3 is 2.75 bits per heavy atom. The van der Waals surface area contributed by atoms with Gasteiger partial charge in [-0.25, -0.2) is 0 Å². The largest absolute Gasteiger partial charge is 0.270 e. The first-order chi connectivity index (χ1) is 7.93. The lowest BCUT2D eigenvalue weighted by molar-refractivity contribution is -0.642. The molecule has 4 rings (SSSR count). The number of fused-ring (bicyclic) bond motifs is 5. The highest BCUT2D eigenvalue weighted by atomic mass is 32.1. The molecule has 0 N–H and O–H groups in total. The van der Waals surface area contributed by atoms with Crippen LogP contribution in [0.15, 0.2) is 48.5 Å². The van der Waals surface area contributed by atoms with Crippen LogP contribution >= 0.6 is 11.3 Å². The molecule has 0 saturated carbocycles. The maximum Gasteiger partial charge on any atom is 0.270 e. The molecule has 1 aliphatic heterocycles. The molecule has 0 fully saturated rings. The van der Waals surface area contributed by atoms with Crippen molar-refractivity contribution in [2.24, 2.45) is 0 Å². The average Bonchev–Trinajstić information content (AvgIpc) is 2.85. The highest BCUT2D eigenvalue weighted by Gasteiger charge is 2.30. The van der Waals surface area contributed by atoms with Crippen LogP contribution in [0.4, 0.5) is 0 Å². The van der Waals surface area contributed by atoms with Crippen molar-refractivity contribution >= 4 is 21.6 Å². The van der Waals surface area contributed by atoms with Gasteiger partial charge in [-0.2, -0.15) is 4.57 Å². The minimum absolute atomic E-state index is 1.02. The molecular formula is C14H10NS+. The number of para-hydroxylation sites is 1. The van der Waals surface area contributed by atoms with Crippen LogP contribution in [0.5, 0.6) is 0 Å². The summed E-state index contributed by atoms with van der Waals surface area (Å²) in [4.78, 5) is 0.